The average Bonchev–Trinajstić information content (AvgIpc) is 1.68. The van der Waals surface area contributed by atoms with Crippen LogP contribution in [0.1, 0.15) is 13.3 Å². The van der Waals surface area contributed by atoms with Crippen LogP contribution in [0.2, 0.25) is 0 Å². The molecule has 7 heavy (non-hydrogen) atoms. The zero-order chi connectivity index (χ0) is 5.70. The molecule has 2 nitrogen and oxygen atoms in total. The summed E-state index contributed by atoms with van der Waals surface area (Å²) in [5, 5.41) is 8.06. The highest BCUT2D eigenvalue weighted by Gasteiger charge is 1.93. The zero-order valence-corrected chi connectivity index (χ0v) is 4.22. The van der Waals surface area contributed by atoms with Crippen LogP contribution >= 0.6 is 0 Å². The normalized spacial score (nSPS) is 12.0. The van der Waals surface area contributed by atoms with Crippen LogP contribution in [0.15, 0.2) is 0 Å². The molecule has 0 aliphatic carbocycles. The minimum Gasteiger partial charge on any atom is -0.303 e. The Morgan fingerprint density at radius 3 is 2.71 bits per heavy atom. The van der Waals surface area contributed by atoms with E-state index in [2.05, 4.69) is 0 Å². The van der Waals surface area contributed by atoms with Gasteiger partial charge in [0.2, 0.25) is 0 Å². The van der Waals surface area contributed by atoms with Crippen molar-refractivity contribution < 1.29 is 4.79 Å². The Hall–Kier alpha value is -0.840. The lowest BCUT2D eigenvalue weighted by Gasteiger charge is -1.86. The van der Waals surface area contributed by atoms with Crippen LogP contribution in [0.5, 0.6) is 0 Å². The maximum absolute atomic E-state index is 9.62. The highest BCUT2D eigenvalue weighted by Crippen LogP contribution is 1.93. The first-order chi connectivity index (χ1) is 3.31. The van der Waals surface area contributed by atoms with Gasteiger partial charge in [-0.05, 0) is 6.92 Å². The van der Waals surface area contributed by atoms with Gasteiger partial charge >= 0.3 is 0 Å². The molecule has 0 aliphatic heterocycles. The van der Waals surface area contributed by atoms with Gasteiger partial charge in [-0.3, -0.25) is 0 Å². The minimum atomic E-state index is -0.113. The van der Waals surface area contributed by atoms with Gasteiger partial charge in [-0.2, -0.15) is 5.26 Å². The van der Waals surface area contributed by atoms with Crippen LogP contribution < -0.4 is 0 Å². The molecular formula is C5H7NO. The molecule has 0 aromatic rings. The van der Waals surface area contributed by atoms with E-state index in [-0.39, 0.29) is 5.92 Å². The summed E-state index contributed by atoms with van der Waals surface area (Å²) < 4.78 is 0. The summed E-state index contributed by atoms with van der Waals surface area (Å²) in [4.78, 5) is 9.62. The van der Waals surface area contributed by atoms with Crippen molar-refractivity contribution >= 4 is 6.29 Å². The Kier molecular flexibility index (Phi) is 2.95. The van der Waals surface area contributed by atoms with Crippen molar-refractivity contribution in [2.75, 3.05) is 0 Å². The molecule has 0 aliphatic rings. The number of hydrogen-bond donors (Lipinski definition) is 0. The third kappa shape index (κ3) is 2.98. The fourth-order valence-electron chi connectivity index (χ4n) is 0.197. The van der Waals surface area contributed by atoms with Crippen molar-refractivity contribution in [1.29, 1.82) is 5.26 Å². The second-order valence-electron chi connectivity index (χ2n) is 1.43. The Morgan fingerprint density at radius 2 is 2.57 bits per heavy atom. The lowest BCUT2D eigenvalue weighted by Crippen LogP contribution is -1.88. The lowest BCUT2D eigenvalue weighted by molar-refractivity contribution is -0.108. The van der Waals surface area contributed by atoms with Crippen molar-refractivity contribution in [3.05, 3.63) is 0 Å². The highest BCUT2D eigenvalue weighted by atomic mass is 16.1. The maximum Gasteiger partial charge on any atom is 0.121 e. The quantitative estimate of drug-likeness (QED) is 0.477. The van der Waals surface area contributed by atoms with Gasteiger partial charge in [0.05, 0.1) is 12.0 Å². The van der Waals surface area contributed by atoms with Crippen LogP contribution in [0.25, 0.3) is 0 Å². The molecule has 0 fully saturated rings. The predicted molar refractivity (Wildman–Crippen MR) is 25.5 cm³/mol. The van der Waals surface area contributed by atoms with E-state index in [0.717, 1.165) is 6.29 Å². The molecule has 0 amide bonds. The lowest BCUT2D eigenvalue weighted by atomic mass is 10.1. The summed E-state index contributed by atoms with van der Waals surface area (Å²) >= 11 is 0. The van der Waals surface area contributed by atoms with Crippen LogP contribution in [-0.2, 0) is 4.79 Å². The van der Waals surface area contributed by atoms with E-state index < -0.39 is 0 Å². The predicted octanol–water partition coefficient (Wildman–Crippen LogP) is 0.735. The van der Waals surface area contributed by atoms with Gasteiger partial charge in [0.15, 0.2) is 0 Å². The first-order valence-corrected chi connectivity index (χ1v) is 2.14. The number of rotatable bonds is 2. The number of carbonyl (C=O) groups excluding carboxylic acids is 1. The van der Waals surface area contributed by atoms with Gasteiger partial charge in [-0.25, -0.2) is 0 Å². The van der Waals surface area contributed by atoms with E-state index in [1.54, 1.807) is 6.92 Å². The molecular weight excluding hydrogens is 90.1 g/mol. The Labute approximate surface area is 42.8 Å². The van der Waals surface area contributed by atoms with E-state index in [9.17, 15) is 4.79 Å². The van der Waals surface area contributed by atoms with E-state index in [4.69, 9.17) is 5.26 Å². The summed E-state index contributed by atoms with van der Waals surface area (Å²) in [5.74, 6) is -0.113. The summed E-state index contributed by atoms with van der Waals surface area (Å²) in [7, 11) is 0. The smallest absolute Gasteiger partial charge is 0.121 e. The van der Waals surface area contributed by atoms with Crippen molar-refractivity contribution in [2.24, 2.45) is 5.92 Å². The van der Waals surface area contributed by atoms with Crippen molar-refractivity contribution in [3.63, 3.8) is 0 Å². The summed E-state index contributed by atoms with van der Waals surface area (Å²) in [6.07, 6.45) is 1.12. The van der Waals surface area contributed by atoms with E-state index in [0.29, 0.717) is 6.42 Å². The molecule has 0 unspecified atom stereocenters. The summed E-state index contributed by atoms with van der Waals surface area (Å²) in [5.41, 5.74) is 0. The number of carbonyl (C=O) groups is 1. The number of nitrogens with zero attached hydrogens (tertiary/aromatic N) is 1. The third-order valence-corrected chi connectivity index (χ3v) is 0.670. The Morgan fingerprint density at radius 1 is 2.00 bits per heavy atom. The van der Waals surface area contributed by atoms with E-state index >= 15 is 0 Å². The number of hydrogen-bond acceptors (Lipinski definition) is 2. The molecule has 0 radical (unpaired) electrons. The molecule has 0 spiro atoms. The van der Waals surface area contributed by atoms with Crippen LogP contribution in [0, 0.1) is 17.2 Å². The Bertz CT molecular complexity index is 92.7. The monoisotopic (exact) mass is 97.1 g/mol. The largest absolute Gasteiger partial charge is 0.303 e. The molecule has 1 atom stereocenters. The molecule has 0 saturated heterocycles. The molecule has 0 bridgehead atoms. The molecule has 38 valence electrons. The summed E-state index contributed by atoms with van der Waals surface area (Å²) in [6, 6.07) is 1.93. The molecule has 0 heterocycles. The SMILES string of the molecule is C[C@@H](C#N)CC=O. The second-order valence-corrected chi connectivity index (χ2v) is 1.43. The Balaban J connectivity index is 3.21. The van der Waals surface area contributed by atoms with Crippen molar-refractivity contribution in [2.45, 2.75) is 13.3 Å². The first kappa shape index (κ1) is 6.16. The van der Waals surface area contributed by atoms with Crippen LogP contribution in [0.3, 0.4) is 0 Å². The van der Waals surface area contributed by atoms with E-state index in [1.807, 2.05) is 6.07 Å². The third-order valence-electron chi connectivity index (χ3n) is 0.670. The van der Waals surface area contributed by atoms with Gasteiger partial charge in [0, 0.05) is 6.42 Å². The van der Waals surface area contributed by atoms with Gasteiger partial charge in [0.1, 0.15) is 6.29 Å². The molecule has 0 rings (SSSR count). The van der Waals surface area contributed by atoms with Crippen molar-refractivity contribution in [1.82, 2.24) is 0 Å². The number of nitriles is 1. The first-order valence-electron chi connectivity index (χ1n) is 2.14. The van der Waals surface area contributed by atoms with Gasteiger partial charge in [-0.15, -0.1) is 0 Å². The van der Waals surface area contributed by atoms with E-state index in [1.165, 1.54) is 0 Å². The maximum atomic E-state index is 9.62. The van der Waals surface area contributed by atoms with Crippen LogP contribution in [-0.4, -0.2) is 6.29 Å². The standard InChI is InChI=1S/C5H7NO/c1-5(4-6)2-3-7/h3,5H,2H2,1H3/t5-/m1/s1. The molecule has 2 heteroatoms. The summed E-state index contributed by atoms with van der Waals surface area (Å²) in [6.45, 7) is 1.72. The fourth-order valence-corrected chi connectivity index (χ4v) is 0.197. The van der Waals surface area contributed by atoms with Gasteiger partial charge in [-0.1, -0.05) is 0 Å². The molecule has 0 saturated carbocycles. The number of aldehydes is 1. The van der Waals surface area contributed by atoms with Crippen LogP contribution in [0.4, 0.5) is 0 Å². The fraction of sp³-hybridized carbons (Fsp3) is 0.600. The van der Waals surface area contributed by atoms with Crippen molar-refractivity contribution in [3.8, 4) is 6.07 Å². The van der Waals surface area contributed by atoms with Gasteiger partial charge < -0.3 is 4.79 Å². The topological polar surface area (TPSA) is 40.9 Å². The zero-order valence-electron chi connectivity index (χ0n) is 4.22. The van der Waals surface area contributed by atoms with Gasteiger partial charge in [0.25, 0.3) is 0 Å². The molecule has 0 aromatic heterocycles. The molecule has 0 aromatic carbocycles. The second kappa shape index (κ2) is 3.35. The molecule has 0 N–H and O–H groups in total. The average molecular weight is 97.1 g/mol. The minimum absolute atomic E-state index is 0.113. The highest BCUT2D eigenvalue weighted by molar-refractivity contribution is 5.50.